The van der Waals surface area contributed by atoms with E-state index in [4.69, 9.17) is 27.9 Å². The van der Waals surface area contributed by atoms with E-state index >= 15 is 0 Å². The second kappa shape index (κ2) is 8.30. The van der Waals surface area contributed by atoms with Crippen molar-refractivity contribution in [2.45, 2.75) is 0 Å². The fraction of sp³-hybridized carbons (Fsp3) is 0. The third-order valence-corrected chi connectivity index (χ3v) is 4.45. The van der Waals surface area contributed by atoms with E-state index in [0.29, 0.717) is 33.7 Å². The molecule has 0 atom stereocenters. The van der Waals surface area contributed by atoms with Crippen molar-refractivity contribution >= 4 is 34.8 Å². The lowest BCUT2D eigenvalue weighted by atomic mass is 10.2. The van der Waals surface area contributed by atoms with Crippen molar-refractivity contribution < 1.29 is 9.53 Å². The van der Waals surface area contributed by atoms with Crippen LogP contribution < -0.4 is 10.1 Å². The first-order chi connectivity index (χ1) is 14.1. The van der Waals surface area contributed by atoms with Crippen molar-refractivity contribution in [2.24, 2.45) is 0 Å². The van der Waals surface area contributed by atoms with Crippen LogP contribution in [0.2, 0.25) is 10.0 Å². The quantitative estimate of drug-likeness (QED) is 0.485. The Hall–Kier alpha value is -3.42. The summed E-state index contributed by atoms with van der Waals surface area (Å²) in [6, 6.07) is 15.0. The van der Waals surface area contributed by atoms with Gasteiger partial charge in [-0.1, -0.05) is 23.2 Å². The van der Waals surface area contributed by atoms with Gasteiger partial charge in [0.1, 0.15) is 12.1 Å². The van der Waals surface area contributed by atoms with E-state index in [9.17, 15) is 4.79 Å². The topological polar surface area (TPSA) is 81.9 Å². The van der Waals surface area contributed by atoms with E-state index in [1.165, 1.54) is 6.07 Å². The van der Waals surface area contributed by atoms with E-state index in [0.717, 1.165) is 0 Å². The Kier molecular flexibility index (Phi) is 5.41. The number of nitrogens with zero attached hydrogens (tertiary/aromatic N) is 4. The Morgan fingerprint density at radius 3 is 2.48 bits per heavy atom. The summed E-state index contributed by atoms with van der Waals surface area (Å²) in [7, 11) is 0. The largest absolute Gasteiger partial charge is 0.438 e. The van der Waals surface area contributed by atoms with Crippen LogP contribution in [0.1, 0.15) is 10.4 Å². The molecule has 4 aromatic rings. The van der Waals surface area contributed by atoms with Gasteiger partial charge < -0.3 is 10.1 Å². The first kappa shape index (κ1) is 18.9. The lowest BCUT2D eigenvalue weighted by Crippen LogP contribution is -2.12. The van der Waals surface area contributed by atoms with Crippen LogP contribution in [0, 0.1) is 0 Å². The molecule has 2 aromatic carbocycles. The summed E-state index contributed by atoms with van der Waals surface area (Å²) < 4.78 is 7.42. The summed E-state index contributed by atoms with van der Waals surface area (Å²) in [5, 5.41) is 11.7. The molecule has 0 unspecified atom stereocenters. The molecule has 0 aliphatic rings. The Morgan fingerprint density at radius 2 is 1.83 bits per heavy atom. The highest BCUT2D eigenvalue weighted by atomic mass is 35.5. The van der Waals surface area contributed by atoms with Gasteiger partial charge in [-0.15, -0.1) is 10.2 Å². The second-order valence-corrected chi connectivity index (χ2v) is 6.75. The van der Waals surface area contributed by atoms with Gasteiger partial charge in [-0.3, -0.25) is 9.36 Å². The molecule has 1 amide bonds. The van der Waals surface area contributed by atoms with E-state index < -0.39 is 0 Å². The first-order valence-electron chi connectivity index (χ1n) is 8.45. The molecule has 0 saturated carbocycles. The monoisotopic (exact) mass is 425 g/mol. The Bertz CT molecular complexity index is 1130. The molecule has 7 nitrogen and oxygen atoms in total. The molecule has 2 heterocycles. The fourth-order valence-electron chi connectivity index (χ4n) is 2.50. The van der Waals surface area contributed by atoms with E-state index in [-0.39, 0.29) is 10.9 Å². The fourth-order valence-corrected chi connectivity index (χ4v) is 2.99. The van der Waals surface area contributed by atoms with E-state index in [1.54, 1.807) is 71.8 Å². The summed E-state index contributed by atoms with van der Waals surface area (Å²) in [6.45, 7) is 0. The summed E-state index contributed by atoms with van der Waals surface area (Å²) in [4.78, 5) is 16.3. The molecule has 0 radical (unpaired) electrons. The molecule has 0 saturated heterocycles. The number of carbonyl (C=O) groups excluding carboxylic acids is 1. The molecule has 1 N–H and O–H groups in total. The number of halogens is 2. The average molecular weight is 426 g/mol. The number of rotatable bonds is 5. The van der Waals surface area contributed by atoms with Crippen molar-refractivity contribution in [1.29, 1.82) is 0 Å². The van der Waals surface area contributed by atoms with Crippen LogP contribution in [0.25, 0.3) is 5.82 Å². The van der Waals surface area contributed by atoms with Crippen LogP contribution in [0.15, 0.2) is 73.3 Å². The molecular formula is C20H13Cl2N5O2. The van der Waals surface area contributed by atoms with E-state index in [1.807, 2.05) is 0 Å². The number of hydrogen-bond donors (Lipinski definition) is 1. The smallest absolute Gasteiger partial charge is 0.257 e. The zero-order valence-electron chi connectivity index (χ0n) is 14.8. The van der Waals surface area contributed by atoms with Gasteiger partial charge >= 0.3 is 0 Å². The zero-order valence-corrected chi connectivity index (χ0v) is 16.3. The van der Waals surface area contributed by atoms with Crippen molar-refractivity contribution in [3.8, 4) is 17.4 Å². The summed E-state index contributed by atoms with van der Waals surface area (Å²) in [5.74, 6) is 1.20. The lowest BCUT2D eigenvalue weighted by Gasteiger charge is -2.09. The summed E-state index contributed by atoms with van der Waals surface area (Å²) >= 11 is 11.9. The molecule has 4 rings (SSSR count). The number of nitrogens with one attached hydrogen (secondary N) is 1. The predicted octanol–water partition coefficient (Wildman–Crippen LogP) is 5.01. The molecular weight excluding hydrogens is 413 g/mol. The minimum atomic E-state index is -0.332. The minimum Gasteiger partial charge on any atom is -0.438 e. The van der Waals surface area contributed by atoms with Crippen LogP contribution in [0.3, 0.4) is 0 Å². The van der Waals surface area contributed by atoms with Gasteiger partial charge in [0, 0.05) is 29.2 Å². The molecule has 9 heteroatoms. The highest BCUT2D eigenvalue weighted by Gasteiger charge is 2.11. The SMILES string of the molecule is O=C(Nc1ccc(Oc2ccc(-n3ccnc3)nn2)cc1)c1ccc(Cl)cc1Cl. The third-order valence-electron chi connectivity index (χ3n) is 3.91. The number of anilines is 1. The summed E-state index contributed by atoms with van der Waals surface area (Å²) in [5.41, 5.74) is 0.930. The number of benzene rings is 2. The van der Waals surface area contributed by atoms with Crippen LogP contribution in [0.4, 0.5) is 5.69 Å². The first-order valence-corrected chi connectivity index (χ1v) is 9.20. The van der Waals surface area contributed by atoms with Crippen LogP contribution in [0.5, 0.6) is 11.6 Å². The molecule has 2 aromatic heterocycles. The molecule has 0 aliphatic heterocycles. The van der Waals surface area contributed by atoms with Gasteiger partial charge in [0.15, 0.2) is 5.82 Å². The highest BCUT2D eigenvalue weighted by molar-refractivity contribution is 6.37. The van der Waals surface area contributed by atoms with Gasteiger partial charge in [-0.25, -0.2) is 4.98 Å². The molecule has 29 heavy (non-hydrogen) atoms. The standard InChI is InChI=1S/C20H13Cl2N5O2/c21-13-1-6-16(17(22)11-13)20(28)24-14-2-4-15(5-3-14)29-19-8-7-18(25-26-19)27-10-9-23-12-27/h1-12H,(H,24,28). The van der Waals surface area contributed by atoms with Crippen molar-refractivity contribution in [3.05, 3.63) is 88.9 Å². The highest BCUT2D eigenvalue weighted by Crippen LogP contribution is 2.24. The Labute approximate surface area is 175 Å². The maximum absolute atomic E-state index is 12.4. The van der Waals surface area contributed by atoms with Crippen LogP contribution in [-0.4, -0.2) is 25.7 Å². The molecule has 0 fully saturated rings. The molecule has 0 spiro atoms. The van der Waals surface area contributed by atoms with Crippen molar-refractivity contribution in [3.63, 3.8) is 0 Å². The predicted molar refractivity (Wildman–Crippen MR) is 110 cm³/mol. The third kappa shape index (κ3) is 4.53. The van der Waals surface area contributed by atoms with Crippen LogP contribution in [-0.2, 0) is 0 Å². The Balaban J connectivity index is 1.40. The molecule has 0 bridgehead atoms. The lowest BCUT2D eigenvalue weighted by molar-refractivity contribution is 0.102. The van der Waals surface area contributed by atoms with Gasteiger partial charge in [0.2, 0.25) is 5.88 Å². The maximum atomic E-state index is 12.4. The average Bonchev–Trinajstić information content (AvgIpc) is 3.25. The van der Waals surface area contributed by atoms with Crippen molar-refractivity contribution in [2.75, 3.05) is 5.32 Å². The van der Waals surface area contributed by atoms with Crippen LogP contribution >= 0.6 is 23.2 Å². The normalized spacial score (nSPS) is 10.6. The van der Waals surface area contributed by atoms with E-state index in [2.05, 4.69) is 20.5 Å². The number of amides is 1. The number of imidazole rings is 1. The molecule has 144 valence electrons. The Morgan fingerprint density at radius 1 is 1.00 bits per heavy atom. The van der Waals surface area contributed by atoms with Crippen molar-refractivity contribution in [1.82, 2.24) is 19.7 Å². The second-order valence-electron chi connectivity index (χ2n) is 5.90. The number of carbonyl (C=O) groups is 1. The molecule has 0 aliphatic carbocycles. The zero-order chi connectivity index (χ0) is 20.2. The number of aromatic nitrogens is 4. The summed E-state index contributed by atoms with van der Waals surface area (Å²) in [6.07, 6.45) is 5.07. The van der Waals surface area contributed by atoms with Gasteiger partial charge in [0.05, 0.1) is 10.6 Å². The van der Waals surface area contributed by atoms with Gasteiger partial charge in [0.25, 0.3) is 5.91 Å². The van der Waals surface area contributed by atoms with Gasteiger partial charge in [-0.05, 0) is 48.5 Å². The number of ether oxygens (including phenoxy) is 1. The maximum Gasteiger partial charge on any atom is 0.257 e. The minimum absolute atomic E-state index is 0.285. The number of hydrogen-bond acceptors (Lipinski definition) is 5. The van der Waals surface area contributed by atoms with Gasteiger partial charge in [-0.2, -0.15) is 0 Å².